The maximum absolute atomic E-state index is 13.5. The third-order valence-electron chi connectivity index (χ3n) is 5.86. The number of amides is 1. The zero-order valence-electron chi connectivity index (χ0n) is 17.7. The summed E-state index contributed by atoms with van der Waals surface area (Å²) in [6.45, 7) is 1.47. The van der Waals surface area contributed by atoms with Crippen LogP contribution in [0, 0.1) is 5.82 Å². The zero-order chi connectivity index (χ0) is 21.9. The van der Waals surface area contributed by atoms with Crippen LogP contribution in [0.15, 0.2) is 66.0 Å². The van der Waals surface area contributed by atoms with Crippen molar-refractivity contribution in [2.24, 2.45) is 0 Å². The summed E-state index contributed by atoms with van der Waals surface area (Å²) < 4.78 is 21.6. The molecule has 166 valence electrons. The number of benzene rings is 2. The molecule has 3 aromatic rings. The number of hydrogen-bond donors (Lipinski definition) is 1. The molecule has 1 aliphatic carbocycles. The average molecular weight is 452 g/mol. The van der Waals surface area contributed by atoms with E-state index >= 15 is 0 Å². The third-order valence-corrected chi connectivity index (χ3v) is 7.12. The minimum Gasteiger partial charge on any atom is -0.376 e. The van der Waals surface area contributed by atoms with Gasteiger partial charge < -0.3 is 14.6 Å². The van der Waals surface area contributed by atoms with Crippen molar-refractivity contribution in [1.29, 1.82) is 0 Å². The third kappa shape index (κ3) is 4.89. The van der Waals surface area contributed by atoms with Gasteiger partial charge in [-0.25, -0.2) is 9.37 Å². The number of carbonyl (C=O) groups is 1. The second kappa shape index (κ2) is 9.46. The smallest absolute Gasteiger partial charge is 0.238 e. The number of rotatable bonds is 8. The number of carbonyl (C=O) groups excluding carboxylic acids is 1. The Morgan fingerprint density at radius 2 is 1.94 bits per heavy atom. The summed E-state index contributed by atoms with van der Waals surface area (Å²) in [5, 5.41) is 3.36. The van der Waals surface area contributed by atoms with Gasteiger partial charge in [0, 0.05) is 12.6 Å². The molecule has 2 aromatic carbocycles. The molecule has 0 spiro atoms. The van der Waals surface area contributed by atoms with Crippen LogP contribution in [0.25, 0.3) is 11.3 Å². The molecule has 1 saturated heterocycles. The Morgan fingerprint density at radius 3 is 2.62 bits per heavy atom. The first-order valence-corrected chi connectivity index (χ1v) is 12.0. The van der Waals surface area contributed by atoms with Crippen molar-refractivity contribution in [3.63, 3.8) is 0 Å². The summed E-state index contributed by atoms with van der Waals surface area (Å²) in [5.74, 6) is -0.372. The largest absolute Gasteiger partial charge is 0.376 e. The molecule has 1 aliphatic heterocycles. The number of imidazole rings is 1. The lowest BCUT2D eigenvalue weighted by Crippen LogP contribution is -2.30. The van der Waals surface area contributed by atoms with Crippen molar-refractivity contribution in [3.8, 4) is 11.3 Å². The quantitative estimate of drug-likeness (QED) is 0.491. The number of nitrogens with zero attached hydrogens (tertiary/aromatic N) is 2. The average Bonchev–Trinajstić information content (AvgIpc) is 3.31. The van der Waals surface area contributed by atoms with Crippen LogP contribution < -0.4 is 5.32 Å². The topological polar surface area (TPSA) is 56.2 Å². The fourth-order valence-corrected chi connectivity index (χ4v) is 5.07. The second-order valence-electron chi connectivity index (χ2n) is 8.37. The molecule has 2 atom stereocenters. The number of ether oxygens (including phenoxy) is 1. The maximum atomic E-state index is 13.5. The minimum atomic E-state index is -0.509. The van der Waals surface area contributed by atoms with Crippen LogP contribution in [0.5, 0.6) is 0 Å². The van der Waals surface area contributed by atoms with Gasteiger partial charge in [-0.05, 0) is 48.9 Å². The van der Waals surface area contributed by atoms with E-state index in [1.165, 1.54) is 23.9 Å². The molecular weight excluding hydrogens is 425 g/mol. The molecule has 5 rings (SSSR count). The molecule has 7 heteroatoms. The van der Waals surface area contributed by atoms with E-state index in [9.17, 15) is 9.18 Å². The highest BCUT2D eigenvalue weighted by Crippen LogP contribution is 2.38. The Balaban J connectivity index is 1.48. The van der Waals surface area contributed by atoms with Crippen molar-refractivity contribution in [2.45, 2.75) is 54.8 Å². The van der Waals surface area contributed by atoms with Crippen LogP contribution >= 0.6 is 11.8 Å². The Bertz CT molecular complexity index is 1060. The van der Waals surface area contributed by atoms with Gasteiger partial charge in [0.1, 0.15) is 11.1 Å². The lowest BCUT2D eigenvalue weighted by atomic mass is 10.1. The van der Waals surface area contributed by atoms with Crippen LogP contribution in [0.3, 0.4) is 0 Å². The van der Waals surface area contributed by atoms with E-state index in [4.69, 9.17) is 9.72 Å². The predicted octanol–water partition coefficient (Wildman–Crippen LogP) is 4.98. The first-order chi connectivity index (χ1) is 15.7. The first-order valence-electron chi connectivity index (χ1n) is 11.1. The van der Waals surface area contributed by atoms with Crippen LogP contribution in [0.4, 0.5) is 4.39 Å². The van der Waals surface area contributed by atoms with E-state index in [2.05, 4.69) is 22.0 Å². The zero-order valence-corrected chi connectivity index (χ0v) is 18.6. The summed E-state index contributed by atoms with van der Waals surface area (Å²) in [6, 6.07) is 16.6. The van der Waals surface area contributed by atoms with Crippen molar-refractivity contribution in [2.75, 3.05) is 6.61 Å². The number of nitrogens with one attached hydrogen (secondary N) is 1. The van der Waals surface area contributed by atoms with Crippen LogP contribution in [0.2, 0.25) is 0 Å². The molecule has 1 saturated carbocycles. The summed E-state index contributed by atoms with van der Waals surface area (Å²) in [5.41, 5.74) is 2.84. The Kier molecular flexibility index (Phi) is 6.28. The SMILES string of the molecule is O=C(NC1CC1)C(Sc1ncc(-c2ccccc2)n1CC1CCCO1)c1ccc(F)cc1. The molecule has 2 heterocycles. The minimum absolute atomic E-state index is 0.0583. The lowest BCUT2D eigenvalue weighted by molar-refractivity contribution is -0.120. The summed E-state index contributed by atoms with van der Waals surface area (Å²) in [7, 11) is 0. The van der Waals surface area contributed by atoms with Crippen molar-refractivity contribution in [3.05, 3.63) is 72.2 Å². The Labute approximate surface area is 191 Å². The normalized spacial score (nSPS) is 19.1. The number of aromatic nitrogens is 2. The molecule has 1 N–H and O–H groups in total. The van der Waals surface area contributed by atoms with Gasteiger partial charge in [-0.15, -0.1) is 0 Å². The monoisotopic (exact) mass is 451 g/mol. The number of thioether (sulfide) groups is 1. The highest BCUT2D eigenvalue weighted by atomic mass is 32.2. The molecule has 1 amide bonds. The van der Waals surface area contributed by atoms with Gasteiger partial charge in [-0.2, -0.15) is 0 Å². The Hall–Kier alpha value is -2.64. The molecule has 2 unspecified atom stereocenters. The molecule has 32 heavy (non-hydrogen) atoms. The lowest BCUT2D eigenvalue weighted by Gasteiger charge is -2.20. The Morgan fingerprint density at radius 1 is 1.16 bits per heavy atom. The standard InChI is InChI=1S/C25H26FN3O2S/c26-19-10-8-18(9-11-19)23(24(30)28-20-12-13-20)32-25-27-15-22(17-5-2-1-3-6-17)29(25)16-21-7-4-14-31-21/h1-3,5-6,8-11,15,20-21,23H,4,7,12-14,16H2,(H,28,30). The van der Waals surface area contributed by atoms with E-state index in [1.54, 1.807) is 12.1 Å². The van der Waals surface area contributed by atoms with Gasteiger partial charge in [0.2, 0.25) is 5.91 Å². The highest BCUT2D eigenvalue weighted by Gasteiger charge is 2.31. The summed E-state index contributed by atoms with van der Waals surface area (Å²) in [4.78, 5) is 17.8. The number of halogens is 1. The maximum Gasteiger partial charge on any atom is 0.238 e. The second-order valence-corrected chi connectivity index (χ2v) is 9.44. The molecule has 0 bridgehead atoms. The molecular formula is C25H26FN3O2S. The van der Waals surface area contributed by atoms with Crippen molar-refractivity contribution in [1.82, 2.24) is 14.9 Å². The fraction of sp³-hybridized carbons (Fsp3) is 0.360. The van der Waals surface area contributed by atoms with Crippen LogP contribution in [-0.4, -0.2) is 34.2 Å². The van der Waals surface area contributed by atoms with Gasteiger partial charge in [0.05, 0.1) is 24.5 Å². The van der Waals surface area contributed by atoms with Gasteiger partial charge in [0.25, 0.3) is 0 Å². The first kappa shape index (κ1) is 21.2. The van der Waals surface area contributed by atoms with Gasteiger partial charge in [-0.3, -0.25) is 4.79 Å². The number of hydrogen-bond acceptors (Lipinski definition) is 4. The van der Waals surface area contributed by atoms with Crippen molar-refractivity contribution < 1.29 is 13.9 Å². The molecule has 0 radical (unpaired) electrons. The van der Waals surface area contributed by atoms with Gasteiger partial charge >= 0.3 is 0 Å². The summed E-state index contributed by atoms with van der Waals surface area (Å²) >= 11 is 1.41. The van der Waals surface area contributed by atoms with Gasteiger partial charge in [0.15, 0.2) is 5.16 Å². The van der Waals surface area contributed by atoms with E-state index in [0.29, 0.717) is 6.54 Å². The van der Waals surface area contributed by atoms with Crippen LogP contribution in [0.1, 0.15) is 36.5 Å². The van der Waals surface area contributed by atoms with Crippen molar-refractivity contribution >= 4 is 17.7 Å². The highest BCUT2D eigenvalue weighted by molar-refractivity contribution is 8.00. The van der Waals surface area contributed by atoms with E-state index in [-0.39, 0.29) is 23.9 Å². The molecule has 1 aromatic heterocycles. The van der Waals surface area contributed by atoms with E-state index in [0.717, 1.165) is 54.3 Å². The van der Waals surface area contributed by atoms with E-state index < -0.39 is 5.25 Å². The predicted molar refractivity (Wildman–Crippen MR) is 123 cm³/mol. The van der Waals surface area contributed by atoms with Gasteiger partial charge in [-0.1, -0.05) is 54.2 Å². The summed E-state index contributed by atoms with van der Waals surface area (Å²) in [6.07, 6.45) is 6.10. The van der Waals surface area contributed by atoms with Crippen LogP contribution in [-0.2, 0) is 16.1 Å². The fourth-order valence-electron chi connectivity index (χ4n) is 3.98. The molecule has 2 fully saturated rings. The molecule has 2 aliphatic rings. The van der Waals surface area contributed by atoms with E-state index in [1.807, 2.05) is 24.4 Å². The molecule has 5 nitrogen and oxygen atoms in total.